The Morgan fingerprint density at radius 1 is 1.61 bits per heavy atom. The van der Waals surface area contributed by atoms with Gasteiger partial charge >= 0.3 is 0 Å². The highest BCUT2D eigenvalue weighted by Crippen LogP contribution is 2.17. The molecule has 4 nitrogen and oxygen atoms in total. The van der Waals surface area contributed by atoms with E-state index in [1.807, 2.05) is 25.4 Å². The van der Waals surface area contributed by atoms with Crippen LogP contribution in [0.3, 0.4) is 0 Å². The second-order valence-electron chi connectivity index (χ2n) is 4.19. The summed E-state index contributed by atoms with van der Waals surface area (Å²) in [6, 6.07) is 4.47. The Kier molecular flexibility index (Phi) is 6.39. The van der Waals surface area contributed by atoms with Crippen molar-refractivity contribution < 1.29 is 4.74 Å². The molecule has 0 saturated heterocycles. The van der Waals surface area contributed by atoms with Gasteiger partial charge in [-0.05, 0) is 31.7 Å². The van der Waals surface area contributed by atoms with Crippen molar-refractivity contribution in [2.24, 2.45) is 0 Å². The number of nitrogens with zero attached hydrogens (tertiary/aromatic N) is 2. The van der Waals surface area contributed by atoms with Gasteiger partial charge in [-0.1, -0.05) is 6.08 Å². The first kappa shape index (κ1) is 14.7. The molecule has 1 aromatic rings. The topological polar surface area (TPSA) is 37.4 Å². The van der Waals surface area contributed by atoms with Crippen molar-refractivity contribution in [3.63, 3.8) is 0 Å². The van der Waals surface area contributed by atoms with Crippen LogP contribution in [0.15, 0.2) is 31.0 Å². The Bertz CT molecular complexity index is 368. The summed E-state index contributed by atoms with van der Waals surface area (Å²) in [6.07, 6.45) is 3.73. The van der Waals surface area contributed by atoms with Crippen LogP contribution < -0.4 is 10.2 Å². The molecule has 1 unspecified atom stereocenters. The highest BCUT2D eigenvalue weighted by molar-refractivity contribution is 5.42. The van der Waals surface area contributed by atoms with Gasteiger partial charge < -0.3 is 15.0 Å². The first-order chi connectivity index (χ1) is 8.72. The normalized spacial score (nSPS) is 12.2. The minimum Gasteiger partial charge on any atom is -0.383 e. The molecular weight excluding hydrogens is 226 g/mol. The van der Waals surface area contributed by atoms with Crippen molar-refractivity contribution in [1.29, 1.82) is 0 Å². The molecule has 18 heavy (non-hydrogen) atoms. The Labute approximate surface area is 110 Å². The zero-order chi connectivity index (χ0) is 13.4. The fraction of sp³-hybridized carbons (Fsp3) is 0.500. The molecule has 0 bridgehead atoms. The standard InChI is InChI=1S/C14H23N3O/c1-5-8-17(9-10-18-4)14-11-13(6-7-16-14)12(2)15-3/h5-7,11-12,15H,1,8-10H2,2-4H3. The van der Waals surface area contributed by atoms with Gasteiger partial charge in [0, 0.05) is 32.4 Å². The smallest absolute Gasteiger partial charge is 0.129 e. The largest absolute Gasteiger partial charge is 0.383 e. The number of anilines is 1. The van der Waals surface area contributed by atoms with E-state index in [2.05, 4.69) is 34.8 Å². The first-order valence-electron chi connectivity index (χ1n) is 6.21. The molecule has 1 aromatic heterocycles. The molecule has 0 spiro atoms. The maximum Gasteiger partial charge on any atom is 0.129 e. The fourth-order valence-electron chi connectivity index (χ4n) is 1.70. The molecule has 0 saturated carbocycles. The molecular formula is C14H23N3O. The average molecular weight is 249 g/mol. The molecule has 1 heterocycles. The number of methoxy groups -OCH3 is 1. The highest BCUT2D eigenvalue weighted by Gasteiger charge is 2.09. The summed E-state index contributed by atoms with van der Waals surface area (Å²) in [7, 11) is 3.66. The molecule has 0 aromatic carbocycles. The summed E-state index contributed by atoms with van der Waals surface area (Å²) in [6.45, 7) is 8.18. The van der Waals surface area contributed by atoms with Crippen LogP contribution in [0.2, 0.25) is 0 Å². The second-order valence-corrected chi connectivity index (χ2v) is 4.19. The van der Waals surface area contributed by atoms with E-state index >= 15 is 0 Å². The minimum atomic E-state index is 0.319. The van der Waals surface area contributed by atoms with Gasteiger partial charge in [0.1, 0.15) is 5.82 Å². The van der Waals surface area contributed by atoms with Crippen LogP contribution in [0.4, 0.5) is 5.82 Å². The third-order valence-corrected chi connectivity index (χ3v) is 2.94. The van der Waals surface area contributed by atoms with Crippen molar-refractivity contribution >= 4 is 5.82 Å². The lowest BCUT2D eigenvalue weighted by atomic mass is 10.1. The van der Waals surface area contributed by atoms with Crippen LogP contribution in [0.5, 0.6) is 0 Å². The van der Waals surface area contributed by atoms with Gasteiger partial charge in [0.15, 0.2) is 0 Å². The summed E-state index contributed by atoms with van der Waals surface area (Å²) in [5, 5.41) is 3.23. The maximum absolute atomic E-state index is 5.12. The molecule has 0 aliphatic heterocycles. The maximum atomic E-state index is 5.12. The van der Waals surface area contributed by atoms with E-state index in [1.54, 1.807) is 7.11 Å². The van der Waals surface area contributed by atoms with Gasteiger partial charge in [0.05, 0.1) is 6.61 Å². The lowest BCUT2D eigenvalue weighted by Gasteiger charge is -2.23. The van der Waals surface area contributed by atoms with Crippen molar-refractivity contribution in [3.8, 4) is 0 Å². The molecule has 0 amide bonds. The predicted molar refractivity (Wildman–Crippen MR) is 76.0 cm³/mol. The van der Waals surface area contributed by atoms with E-state index in [0.717, 1.165) is 18.9 Å². The summed E-state index contributed by atoms with van der Waals surface area (Å²) in [4.78, 5) is 6.58. The Morgan fingerprint density at radius 3 is 3.00 bits per heavy atom. The Hall–Kier alpha value is -1.39. The number of nitrogens with one attached hydrogen (secondary N) is 1. The third kappa shape index (κ3) is 4.13. The summed E-state index contributed by atoms with van der Waals surface area (Å²) in [5.41, 5.74) is 1.23. The Balaban J connectivity index is 2.86. The van der Waals surface area contributed by atoms with Gasteiger partial charge in [0.2, 0.25) is 0 Å². The van der Waals surface area contributed by atoms with Crippen LogP contribution in [0, 0.1) is 0 Å². The van der Waals surface area contributed by atoms with Crippen LogP contribution in [-0.2, 0) is 4.74 Å². The lowest BCUT2D eigenvalue weighted by molar-refractivity contribution is 0.205. The molecule has 0 radical (unpaired) electrons. The van der Waals surface area contributed by atoms with Crippen molar-refractivity contribution in [2.45, 2.75) is 13.0 Å². The van der Waals surface area contributed by atoms with Gasteiger partial charge in [-0.3, -0.25) is 0 Å². The molecule has 0 fully saturated rings. The number of aromatic nitrogens is 1. The van der Waals surface area contributed by atoms with E-state index in [0.29, 0.717) is 12.6 Å². The molecule has 0 aliphatic rings. The van der Waals surface area contributed by atoms with Gasteiger partial charge in [-0.2, -0.15) is 0 Å². The van der Waals surface area contributed by atoms with E-state index < -0.39 is 0 Å². The average Bonchev–Trinajstić information content (AvgIpc) is 2.42. The lowest BCUT2D eigenvalue weighted by Crippen LogP contribution is -2.28. The van der Waals surface area contributed by atoms with Crippen LogP contribution in [0.1, 0.15) is 18.5 Å². The number of rotatable bonds is 8. The number of hydrogen-bond acceptors (Lipinski definition) is 4. The van der Waals surface area contributed by atoms with Crippen LogP contribution in [0.25, 0.3) is 0 Å². The quantitative estimate of drug-likeness (QED) is 0.715. The number of ether oxygens (including phenoxy) is 1. The van der Waals surface area contributed by atoms with Crippen LogP contribution in [-0.4, -0.2) is 38.8 Å². The van der Waals surface area contributed by atoms with Crippen LogP contribution >= 0.6 is 0 Å². The van der Waals surface area contributed by atoms with Crippen molar-refractivity contribution in [3.05, 3.63) is 36.5 Å². The SMILES string of the molecule is C=CCN(CCOC)c1cc(C(C)NC)ccn1. The van der Waals surface area contributed by atoms with Gasteiger partial charge in [0.25, 0.3) is 0 Å². The first-order valence-corrected chi connectivity index (χ1v) is 6.21. The van der Waals surface area contributed by atoms with Crippen molar-refractivity contribution in [1.82, 2.24) is 10.3 Å². The molecule has 1 N–H and O–H groups in total. The van der Waals surface area contributed by atoms with E-state index in [4.69, 9.17) is 4.74 Å². The van der Waals surface area contributed by atoms with E-state index in [9.17, 15) is 0 Å². The molecule has 100 valence electrons. The van der Waals surface area contributed by atoms with E-state index in [1.165, 1.54) is 5.56 Å². The summed E-state index contributed by atoms with van der Waals surface area (Å²) < 4.78 is 5.12. The molecule has 0 aliphatic carbocycles. The molecule has 4 heteroatoms. The minimum absolute atomic E-state index is 0.319. The number of pyridine rings is 1. The summed E-state index contributed by atoms with van der Waals surface area (Å²) >= 11 is 0. The third-order valence-electron chi connectivity index (χ3n) is 2.94. The zero-order valence-corrected chi connectivity index (χ0v) is 11.5. The predicted octanol–water partition coefficient (Wildman–Crippen LogP) is 2.00. The second kappa shape index (κ2) is 7.84. The van der Waals surface area contributed by atoms with E-state index in [-0.39, 0.29) is 0 Å². The summed E-state index contributed by atoms with van der Waals surface area (Å²) in [5.74, 6) is 0.964. The number of hydrogen-bond donors (Lipinski definition) is 1. The monoisotopic (exact) mass is 249 g/mol. The van der Waals surface area contributed by atoms with Gasteiger partial charge in [-0.25, -0.2) is 4.98 Å². The highest BCUT2D eigenvalue weighted by atomic mass is 16.5. The fourth-order valence-corrected chi connectivity index (χ4v) is 1.70. The zero-order valence-electron chi connectivity index (χ0n) is 11.5. The Morgan fingerprint density at radius 2 is 2.39 bits per heavy atom. The molecule has 1 rings (SSSR count). The van der Waals surface area contributed by atoms with Gasteiger partial charge in [-0.15, -0.1) is 6.58 Å². The van der Waals surface area contributed by atoms with Crippen molar-refractivity contribution in [2.75, 3.05) is 38.8 Å². The molecule has 1 atom stereocenters.